The summed E-state index contributed by atoms with van der Waals surface area (Å²) in [6, 6.07) is 10.9. The molecule has 0 radical (unpaired) electrons. The molecule has 3 aromatic rings. The monoisotopic (exact) mass is 426 g/mol. The van der Waals surface area contributed by atoms with Crippen molar-refractivity contribution in [3.8, 4) is 23.0 Å². The van der Waals surface area contributed by atoms with Gasteiger partial charge in [-0.15, -0.1) is 10.2 Å². The minimum absolute atomic E-state index is 0.0685. The van der Waals surface area contributed by atoms with Gasteiger partial charge >= 0.3 is 6.03 Å². The van der Waals surface area contributed by atoms with Crippen LogP contribution in [-0.4, -0.2) is 48.4 Å². The van der Waals surface area contributed by atoms with E-state index in [0.717, 1.165) is 12.8 Å². The Balaban J connectivity index is 1.44. The highest BCUT2D eigenvalue weighted by Gasteiger charge is 2.28. The number of benzene rings is 2. The molecule has 2 heterocycles. The molecule has 8 nitrogen and oxygen atoms in total. The molecular weight excluding hydrogens is 403 g/mol. The number of hydrogen-bond acceptors (Lipinski definition) is 6. The van der Waals surface area contributed by atoms with Gasteiger partial charge in [-0.3, -0.25) is 0 Å². The van der Waals surface area contributed by atoms with Crippen molar-refractivity contribution >= 4 is 11.7 Å². The van der Waals surface area contributed by atoms with Gasteiger partial charge in [0.1, 0.15) is 17.3 Å². The van der Waals surface area contributed by atoms with E-state index in [9.17, 15) is 9.18 Å². The lowest BCUT2D eigenvalue weighted by atomic mass is 9.98. The van der Waals surface area contributed by atoms with Crippen LogP contribution >= 0.6 is 0 Å². The number of nitrogens with one attached hydrogen (secondary N) is 1. The summed E-state index contributed by atoms with van der Waals surface area (Å²) in [5.74, 6) is 1.59. The number of urea groups is 1. The van der Waals surface area contributed by atoms with Gasteiger partial charge in [0.2, 0.25) is 11.8 Å². The van der Waals surface area contributed by atoms with E-state index in [-0.39, 0.29) is 17.8 Å². The molecule has 0 aliphatic carbocycles. The minimum atomic E-state index is -0.328. The highest BCUT2D eigenvalue weighted by Crippen LogP contribution is 2.30. The molecule has 1 fully saturated rings. The van der Waals surface area contributed by atoms with Gasteiger partial charge in [-0.25, -0.2) is 9.18 Å². The van der Waals surface area contributed by atoms with Crippen molar-refractivity contribution in [3.05, 3.63) is 54.2 Å². The Bertz CT molecular complexity index is 1030. The quantitative estimate of drug-likeness (QED) is 0.654. The van der Waals surface area contributed by atoms with Crippen molar-refractivity contribution < 1.29 is 23.1 Å². The maximum absolute atomic E-state index is 13.1. The second kappa shape index (κ2) is 9.03. The molecule has 0 bridgehead atoms. The molecule has 1 aromatic heterocycles. The number of methoxy groups -OCH3 is 2. The highest BCUT2D eigenvalue weighted by atomic mass is 19.1. The Morgan fingerprint density at radius 1 is 1.13 bits per heavy atom. The van der Waals surface area contributed by atoms with Crippen LogP contribution in [0.25, 0.3) is 11.5 Å². The molecule has 1 aliphatic rings. The summed E-state index contributed by atoms with van der Waals surface area (Å²) in [6.07, 6.45) is 1.65. The minimum Gasteiger partial charge on any atom is -0.497 e. The van der Waals surface area contributed by atoms with Crippen molar-refractivity contribution in [3.63, 3.8) is 0 Å². The normalized spacial score (nSPS) is 16.1. The fraction of sp³-hybridized carbons (Fsp3) is 0.318. The lowest BCUT2D eigenvalue weighted by Crippen LogP contribution is -2.41. The maximum atomic E-state index is 13.1. The first-order chi connectivity index (χ1) is 15.1. The van der Waals surface area contributed by atoms with Gasteiger partial charge in [-0.1, -0.05) is 0 Å². The number of nitrogens with zero attached hydrogens (tertiary/aromatic N) is 3. The third kappa shape index (κ3) is 4.76. The Hall–Kier alpha value is -3.62. The Morgan fingerprint density at radius 3 is 2.52 bits per heavy atom. The smallest absolute Gasteiger partial charge is 0.321 e. The van der Waals surface area contributed by atoms with E-state index in [4.69, 9.17) is 13.9 Å². The van der Waals surface area contributed by atoms with Crippen LogP contribution in [0.5, 0.6) is 11.5 Å². The molecule has 1 aliphatic heterocycles. The molecule has 2 aromatic carbocycles. The number of anilines is 1. The first-order valence-corrected chi connectivity index (χ1v) is 9.94. The average Bonchev–Trinajstić information content (AvgIpc) is 3.29. The molecule has 162 valence electrons. The fourth-order valence-electron chi connectivity index (χ4n) is 3.55. The van der Waals surface area contributed by atoms with Crippen molar-refractivity contribution in [2.24, 2.45) is 0 Å². The SMILES string of the molecule is COc1cc(NC(=O)N2CCCC(c3nnc(-c4ccc(F)cc4)o3)C2)cc(OC)c1. The molecule has 31 heavy (non-hydrogen) atoms. The van der Waals surface area contributed by atoms with Crippen LogP contribution < -0.4 is 14.8 Å². The van der Waals surface area contributed by atoms with Gasteiger partial charge in [0.15, 0.2) is 0 Å². The number of amides is 2. The summed E-state index contributed by atoms with van der Waals surface area (Å²) in [6.45, 7) is 1.08. The Labute approximate surface area is 179 Å². The number of rotatable bonds is 5. The summed E-state index contributed by atoms with van der Waals surface area (Å²) in [7, 11) is 3.11. The van der Waals surface area contributed by atoms with Crippen molar-refractivity contribution in [2.45, 2.75) is 18.8 Å². The first-order valence-electron chi connectivity index (χ1n) is 9.94. The van der Waals surface area contributed by atoms with E-state index in [1.165, 1.54) is 12.1 Å². The number of carbonyl (C=O) groups is 1. The van der Waals surface area contributed by atoms with E-state index in [1.807, 2.05) is 0 Å². The second-order valence-corrected chi connectivity index (χ2v) is 7.27. The second-order valence-electron chi connectivity index (χ2n) is 7.27. The molecule has 0 saturated carbocycles. The average molecular weight is 426 g/mol. The highest BCUT2D eigenvalue weighted by molar-refractivity contribution is 5.90. The van der Waals surface area contributed by atoms with E-state index in [1.54, 1.807) is 49.5 Å². The number of halogens is 1. The van der Waals surface area contributed by atoms with Gasteiger partial charge in [0.25, 0.3) is 0 Å². The number of piperidine rings is 1. The molecule has 1 saturated heterocycles. The summed E-state index contributed by atoms with van der Waals surface area (Å²) < 4.78 is 29.5. The molecular formula is C22H23FN4O4. The molecule has 2 amide bonds. The van der Waals surface area contributed by atoms with Crippen LogP contribution in [0, 0.1) is 5.82 Å². The lowest BCUT2D eigenvalue weighted by Gasteiger charge is -2.31. The van der Waals surface area contributed by atoms with Gasteiger partial charge in [0.05, 0.1) is 20.1 Å². The van der Waals surface area contributed by atoms with Crippen LogP contribution in [0.1, 0.15) is 24.7 Å². The predicted molar refractivity (Wildman–Crippen MR) is 112 cm³/mol. The third-order valence-electron chi connectivity index (χ3n) is 5.19. The Morgan fingerprint density at radius 2 is 1.84 bits per heavy atom. The van der Waals surface area contributed by atoms with Crippen LogP contribution in [-0.2, 0) is 0 Å². The molecule has 1 unspecified atom stereocenters. The largest absolute Gasteiger partial charge is 0.497 e. The van der Waals surface area contributed by atoms with Crippen LogP contribution in [0.4, 0.5) is 14.9 Å². The molecule has 4 rings (SSSR count). The van der Waals surface area contributed by atoms with E-state index >= 15 is 0 Å². The summed E-state index contributed by atoms with van der Waals surface area (Å²) in [5.41, 5.74) is 1.23. The Kier molecular flexibility index (Phi) is 6.01. The van der Waals surface area contributed by atoms with Crippen molar-refractivity contribution in [1.29, 1.82) is 0 Å². The van der Waals surface area contributed by atoms with Gasteiger partial charge in [-0.2, -0.15) is 0 Å². The molecule has 0 spiro atoms. The van der Waals surface area contributed by atoms with Crippen LogP contribution in [0.15, 0.2) is 46.9 Å². The van der Waals surface area contributed by atoms with Gasteiger partial charge in [0, 0.05) is 42.5 Å². The van der Waals surface area contributed by atoms with Crippen molar-refractivity contribution in [2.75, 3.05) is 32.6 Å². The summed E-state index contributed by atoms with van der Waals surface area (Å²) in [5, 5.41) is 11.1. The number of hydrogen-bond donors (Lipinski definition) is 1. The maximum Gasteiger partial charge on any atom is 0.321 e. The van der Waals surface area contributed by atoms with E-state index in [0.29, 0.717) is 47.6 Å². The fourth-order valence-corrected chi connectivity index (χ4v) is 3.55. The molecule has 1 atom stereocenters. The molecule has 9 heteroatoms. The number of aromatic nitrogens is 2. The van der Waals surface area contributed by atoms with E-state index < -0.39 is 0 Å². The predicted octanol–water partition coefficient (Wildman–Crippen LogP) is 4.30. The zero-order valence-corrected chi connectivity index (χ0v) is 17.3. The standard InChI is InChI=1S/C22H23FN4O4/c1-29-18-10-17(11-19(12-18)30-2)24-22(28)27-9-3-4-15(13-27)21-26-25-20(31-21)14-5-7-16(23)8-6-14/h5-8,10-12,15H,3-4,9,13H2,1-2H3,(H,24,28). The van der Waals surface area contributed by atoms with Crippen LogP contribution in [0.2, 0.25) is 0 Å². The van der Waals surface area contributed by atoms with E-state index in [2.05, 4.69) is 15.5 Å². The van der Waals surface area contributed by atoms with Gasteiger partial charge < -0.3 is 24.1 Å². The van der Waals surface area contributed by atoms with Crippen molar-refractivity contribution in [1.82, 2.24) is 15.1 Å². The molecule has 1 N–H and O–H groups in total. The third-order valence-corrected chi connectivity index (χ3v) is 5.19. The lowest BCUT2D eigenvalue weighted by molar-refractivity contribution is 0.187. The number of carbonyl (C=O) groups excluding carboxylic acids is 1. The zero-order valence-electron chi connectivity index (χ0n) is 17.3. The topological polar surface area (TPSA) is 89.7 Å². The van der Waals surface area contributed by atoms with Gasteiger partial charge in [-0.05, 0) is 37.1 Å². The number of likely N-dealkylation sites (tertiary alicyclic amines) is 1. The summed E-state index contributed by atoms with van der Waals surface area (Å²) >= 11 is 0. The number of ether oxygens (including phenoxy) is 2. The zero-order chi connectivity index (χ0) is 21.8. The summed E-state index contributed by atoms with van der Waals surface area (Å²) in [4.78, 5) is 14.6. The first kappa shape index (κ1) is 20.6. The van der Waals surface area contributed by atoms with Crippen LogP contribution in [0.3, 0.4) is 0 Å².